The van der Waals surface area contributed by atoms with E-state index in [1.807, 2.05) is 18.2 Å². The molecule has 0 atom stereocenters. The van der Waals surface area contributed by atoms with E-state index in [-0.39, 0.29) is 0 Å². The van der Waals surface area contributed by atoms with Crippen molar-refractivity contribution >= 4 is 0 Å². The van der Waals surface area contributed by atoms with Crippen LogP contribution in [0.15, 0.2) is 18.2 Å². The molecule has 0 aromatic heterocycles. The van der Waals surface area contributed by atoms with Crippen molar-refractivity contribution in [3.8, 4) is 11.8 Å². The van der Waals surface area contributed by atoms with Crippen molar-refractivity contribution < 1.29 is 4.74 Å². The van der Waals surface area contributed by atoms with Gasteiger partial charge in [0.25, 0.3) is 0 Å². The van der Waals surface area contributed by atoms with E-state index in [9.17, 15) is 0 Å². The van der Waals surface area contributed by atoms with Crippen LogP contribution in [0.5, 0.6) is 5.75 Å². The highest BCUT2D eigenvalue weighted by Gasteiger charge is 2.20. The highest BCUT2D eigenvalue weighted by Crippen LogP contribution is 2.22. The van der Waals surface area contributed by atoms with Crippen LogP contribution in [0.2, 0.25) is 0 Å². The van der Waals surface area contributed by atoms with E-state index in [1.54, 1.807) is 7.11 Å². The highest BCUT2D eigenvalue weighted by molar-refractivity contribution is 5.45. The van der Waals surface area contributed by atoms with Gasteiger partial charge in [0.05, 0.1) is 12.7 Å². The lowest BCUT2D eigenvalue weighted by atomic mass is 10.1. The first-order chi connectivity index (χ1) is 7.33. The van der Waals surface area contributed by atoms with E-state index in [1.165, 1.54) is 12.8 Å². The molecule has 0 unspecified atom stereocenters. The summed E-state index contributed by atoms with van der Waals surface area (Å²) in [5.41, 5.74) is 1.76. The first-order valence-corrected chi connectivity index (χ1v) is 5.14. The molecule has 1 aliphatic carbocycles. The van der Waals surface area contributed by atoms with Gasteiger partial charge in [0.1, 0.15) is 11.8 Å². The van der Waals surface area contributed by atoms with Gasteiger partial charge >= 0.3 is 0 Å². The maximum absolute atomic E-state index is 8.82. The molecule has 78 valence electrons. The van der Waals surface area contributed by atoms with Crippen LogP contribution in [0.4, 0.5) is 0 Å². The molecule has 0 saturated heterocycles. The van der Waals surface area contributed by atoms with Crippen molar-refractivity contribution in [1.29, 1.82) is 5.26 Å². The number of benzene rings is 1. The van der Waals surface area contributed by atoms with Gasteiger partial charge in [0.2, 0.25) is 0 Å². The summed E-state index contributed by atoms with van der Waals surface area (Å²) in [5, 5.41) is 12.2. The zero-order valence-corrected chi connectivity index (χ0v) is 8.79. The van der Waals surface area contributed by atoms with E-state index in [4.69, 9.17) is 10.00 Å². The number of hydrogen-bond donors (Lipinski definition) is 1. The smallest absolute Gasteiger partial charge is 0.136 e. The average Bonchev–Trinajstić information content (AvgIpc) is 3.09. The summed E-state index contributed by atoms with van der Waals surface area (Å²) in [7, 11) is 1.59. The van der Waals surface area contributed by atoms with Crippen LogP contribution in [-0.4, -0.2) is 13.2 Å². The highest BCUT2D eigenvalue weighted by atomic mass is 16.5. The van der Waals surface area contributed by atoms with Crippen LogP contribution in [-0.2, 0) is 6.54 Å². The Morgan fingerprint density at radius 3 is 2.93 bits per heavy atom. The predicted molar refractivity (Wildman–Crippen MR) is 57.6 cm³/mol. The first-order valence-electron chi connectivity index (χ1n) is 5.14. The minimum absolute atomic E-state index is 0.590. The summed E-state index contributed by atoms with van der Waals surface area (Å²) in [5.74, 6) is 0.660. The molecule has 2 rings (SSSR count). The molecule has 1 fully saturated rings. The van der Waals surface area contributed by atoms with Gasteiger partial charge in [0.15, 0.2) is 0 Å². The van der Waals surface area contributed by atoms with Gasteiger partial charge in [-0.05, 0) is 30.5 Å². The van der Waals surface area contributed by atoms with E-state index in [2.05, 4.69) is 11.4 Å². The molecule has 3 nitrogen and oxygen atoms in total. The van der Waals surface area contributed by atoms with Gasteiger partial charge in [-0.2, -0.15) is 5.26 Å². The molecule has 0 amide bonds. The molecule has 1 N–H and O–H groups in total. The maximum atomic E-state index is 8.82. The summed E-state index contributed by atoms with van der Waals surface area (Å²) < 4.78 is 5.15. The third-order valence-electron chi connectivity index (χ3n) is 2.56. The fourth-order valence-electron chi connectivity index (χ4n) is 1.49. The largest absolute Gasteiger partial charge is 0.495 e. The zero-order chi connectivity index (χ0) is 10.7. The molecule has 0 bridgehead atoms. The third-order valence-corrected chi connectivity index (χ3v) is 2.56. The van der Waals surface area contributed by atoms with E-state index in [0.717, 1.165) is 12.1 Å². The van der Waals surface area contributed by atoms with Crippen molar-refractivity contribution in [3.05, 3.63) is 29.3 Å². The summed E-state index contributed by atoms with van der Waals surface area (Å²) in [4.78, 5) is 0. The molecule has 15 heavy (non-hydrogen) atoms. The minimum Gasteiger partial charge on any atom is -0.495 e. The molecule has 0 aliphatic heterocycles. The molecule has 1 aromatic carbocycles. The van der Waals surface area contributed by atoms with Crippen molar-refractivity contribution in [3.63, 3.8) is 0 Å². The zero-order valence-electron chi connectivity index (χ0n) is 8.79. The first kappa shape index (κ1) is 10.0. The molecule has 3 heteroatoms. The molecule has 1 aliphatic rings. The van der Waals surface area contributed by atoms with Gasteiger partial charge in [0, 0.05) is 12.6 Å². The SMILES string of the molecule is COc1cc(CNC2CC2)ccc1C#N. The van der Waals surface area contributed by atoms with Crippen LogP contribution in [0.25, 0.3) is 0 Å². The Morgan fingerprint density at radius 2 is 2.33 bits per heavy atom. The van der Waals surface area contributed by atoms with E-state index >= 15 is 0 Å². The molecule has 0 radical (unpaired) electrons. The van der Waals surface area contributed by atoms with Gasteiger partial charge in [-0.25, -0.2) is 0 Å². The van der Waals surface area contributed by atoms with Crippen LogP contribution in [0.1, 0.15) is 24.0 Å². The molecular weight excluding hydrogens is 188 g/mol. The number of hydrogen-bond acceptors (Lipinski definition) is 3. The molecule has 0 heterocycles. The summed E-state index contributed by atoms with van der Waals surface area (Å²) in [6.07, 6.45) is 2.57. The number of nitrogens with one attached hydrogen (secondary N) is 1. The second-order valence-electron chi connectivity index (χ2n) is 3.80. The standard InChI is InChI=1S/C12H14N2O/c1-15-12-6-9(2-3-10(12)7-13)8-14-11-4-5-11/h2-3,6,11,14H,4-5,8H2,1H3. The number of methoxy groups -OCH3 is 1. The quantitative estimate of drug-likeness (QED) is 0.810. The Balaban J connectivity index is 2.07. The predicted octanol–water partition coefficient (Wildman–Crippen LogP) is 1.82. The summed E-state index contributed by atoms with van der Waals surface area (Å²) >= 11 is 0. The molecular formula is C12H14N2O. The normalized spacial score (nSPS) is 14.7. The lowest BCUT2D eigenvalue weighted by molar-refractivity contribution is 0.412. The lowest BCUT2D eigenvalue weighted by Crippen LogP contribution is -2.15. The second kappa shape index (κ2) is 4.33. The summed E-state index contributed by atoms with van der Waals surface area (Å²) in [6, 6.07) is 8.51. The van der Waals surface area contributed by atoms with Gasteiger partial charge in [-0.1, -0.05) is 6.07 Å². The number of nitrogens with zero attached hydrogens (tertiary/aromatic N) is 1. The molecule has 1 saturated carbocycles. The number of ether oxygens (including phenoxy) is 1. The Morgan fingerprint density at radius 1 is 1.53 bits per heavy atom. The fourth-order valence-corrected chi connectivity index (χ4v) is 1.49. The molecule has 0 spiro atoms. The third kappa shape index (κ3) is 2.48. The van der Waals surface area contributed by atoms with Crippen LogP contribution < -0.4 is 10.1 Å². The Kier molecular flexibility index (Phi) is 2.89. The average molecular weight is 202 g/mol. The number of rotatable bonds is 4. The van der Waals surface area contributed by atoms with Crippen LogP contribution in [0.3, 0.4) is 0 Å². The number of nitriles is 1. The van der Waals surface area contributed by atoms with Crippen molar-refractivity contribution in [2.45, 2.75) is 25.4 Å². The second-order valence-corrected chi connectivity index (χ2v) is 3.80. The Bertz CT molecular complexity index is 391. The topological polar surface area (TPSA) is 45.0 Å². The van der Waals surface area contributed by atoms with Crippen LogP contribution in [0, 0.1) is 11.3 Å². The maximum Gasteiger partial charge on any atom is 0.136 e. The van der Waals surface area contributed by atoms with Crippen molar-refractivity contribution in [1.82, 2.24) is 5.32 Å². The van der Waals surface area contributed by atoms with Crippen LogP contribution >= 0.6 is 0 Å². The van der Waals surface area contributed by atoms with Gasteiger partial charge in [-0.15, -0.1) is 0 Å². The van der Waals surface area contributed by atoms with Gasteiger partial charge < -0.3 is 10.1 Å². The Hall–Kier alpha value is -1.53. The monoisotopic (exact) mass is 202 g/mol. The molecule has 1 aromatic rings. The Labute approximate surface area is 89.7 Å². The fraction of sp³-hybridized carbons (Fsp3) is 0.417. The minimum atomic E-state index is 0.590. The van der Waals surface area contributed by atoms with Crippen molar-refractivity contribution in [2.24, 2.45) is 0 Å². The van der Waals surface area contributed by atoms with Gasteiger partial charge in [-0.3, -0.25) is 0 Å². The van der Waals surface area contributed by atoms with Crippen molar-refractivity contribution in [2.75, 3.05) is 7.11 Å². The summed E-state index contributed by atoms with van der Waals surface area (Å²) in [6.45, 7) is 0.854. The van der Waals surface area contributed by atoms with E-state index in [0.29, 0.717) is 17.4 Å². The van der Waals surface area contributed by atoms with E-state index < -0.39 is 0 Å². The lowest BCUT2D eigenvalue weighted by Gasteiger charge is -2.06.